The quantitative estimate of drug-likeness (QED) is 0.362. The van der Waals surface area contributed by atoms with E-state index in [0.29, 0.717) is 5.75 Å². The molecule has 0 fully saturated rings. The summed E-state index contributed by atoms with van der Waals surface area (Å²) in [5.41, 5.74) is 5.05. The molecule has 1 atom stereocenters. The number of hydrogen-bond acceptors (Lipinski definition) is 3. The molecule has 0 radical (unpaired) electrons. The average molecular weight is 428 g/mol. The minimum Gasteiger partial charge on any atom is -0.497 e. The Morgan fingerprint density at radius 1 is 1.17 bits per heavy atom. The van der Waals surface area contributed by atoms with Crippen LogP contribution in [0.3, 0.4) is 0 Å². The average Bonchev–Trinajstić information content (AvgIpc) is 2.67. The van der Waals surface area contributed by atoms with E-state index in [0.717, 1.165) is 11.1 Å². The molecule has 0 spiro atoms. The van der Waals surface area contributed by atoms with Crippen LogP contribution < -0.4 is 4.74 Å². The summed E-state index contributed by atoms with van der Waals surface area (Å²) in [5, 5.41) is 0. The Bertz CT molecular complexity index is 1010. The third-order valence-electron chi connectivity index (χ3n) is 4.29. The van der Waals surface area contributed by atoms with E-state index in [1.54, 1.807) is 37.5 Å². The highest BCUT2D eigenvalue weighted by atomic mass is 32.2. The molecule has 6 heteroatoms. The highest BCUT2D eigenvalue weighted by molar-refractivity contribution is 7.89. The molecular formula is C23H29NO3SSi. The fourth-order valence-corrected chi connectivity index (χ4v) is 4.91. The second-order valence-corrected chi connectivity index (χ2v) is 14.5. The molecule has 0 unspecified atom stereocenters. The number of rotatable bonds is 7. The molecule has 0 N–H and O–H groups in total. The number of hydrogen-bond donors (Lipinski definition) is 0. The lowest BCUT2D eigenvalue weighted by Crippen LogP contribution is -2.35. The molecule has 2 aromatic carbocycles. The zero-order valence-corrected chi connectivity index (χ0v) is 19.6. The standard InChI is InChI=1S/C23H29NO3SSi/c1-7-23(20-10-8-11-21(18-20)27-3)24(16-9-17-29(4,5)6)28(25,26)22-14-12-19(2)13-15-22/h7-8,10-15,18,23H,1,16H2,2-6H3/t23-/m0/s1. The number of benzene rings is 2. The lowest BCUT2D eigenvalue weighted by atomic mass is 10.1. The van der Waals surface area contributed by atoms with E-state index < -0.39 is 24.1 Å². The molecule has 0 amide bonds. The molecule has 0 saturated heterocycles. The van der Waals surface area contributed by atoms with Gasteiger partial charge in [0.1, 0.15) is 13.8 Å². The van der Waals surface area contributed by atoms with E-state index in [4.69, 9.17) is 4.74 Å². The van der Waals surface area contributed by atoms with Crippen molar-refractivity contribution in [3.05, 3.63) is 72.3 Å². The van der Waals surface area contributed by atoms with Gasteiger partial charge in [-0.25, -0.2) is 8.42 Å². The van der Waals surface area contributed by atoms with Gasteiger partial charge < -0.3 is 4.74 Å². The van der Waals surface area contributed by atoms with E-state index >= 15 is 0 Å². The summed E-state index contributed by atoms with van der Waals surface area (Å²) >= 11 is 0. The lowest BCUT2D eigenvalue weighted by Gasteiger charge is -2.28. The summed E-state index contributed by atoms with van der Waals surface area (Å²) < 4.78 is 33.8. The van der Waals surface area contributed by atoms with Crippen molar-refractivity contribution in [3.8, 4) is 17.2 Å². The highest BCUT2D eigenvalue weighted by Crippen LogP contribution is 2.30. The third kappa shape index (κ3) is 6.07. The van der Waals surface area contributed by atoms with Gasteiger partial charge in [0.2, 0.25) is 10.0 Å². The highest BCUT2D eigenvalue weighted by Gasteiger charge is 2.30. The first-order valence-corrected chi connectivity index (χ1v) is 14.4. The predicted octanol–water partition coefficient (Wildman–Crippen LogP) is 4.80. The summed E-state index contributed by atoms with van der Waals surface area (Å²) in [5.74, 6) is 3.77. The maximum absolute atomic E-state index is 13.5. The molecule has 0 bridgehead atoms. The van der Waals surface area contributed by atoms with E-state index in [1.807, 2.05) is 31.2 Å². The van der Waals surface area contributed by atoms with Gasteiger partial charge in [0, 0.05) is 0 Å². The fraction of sp³-hybridized carbons (Fsp3) is 0.304. The van der Waals surface area contributed by atoms with Gasteiger partial charge in [-0.3, -0.25) is 0 Å². The van der Waals surface area contributed by atoms with Crippen molar-refractivity contribution >= 4 is 18.1 Å². The number of sulfonamides is 1. The Morgan fingerprint density at radius 2 is 1.83 bits per heavy atom. The van der Waals surface area contributed by atoms with Crippen LogP contribution in [-0.2, 0) is 10.0 Å². The van der Waals surface area contributed by atoms with Gasteiger partial charge in [-0.05, 0) is 36.8 Å². The van der Waals surface area contributed by atoms with E-state index in [9.17, 15) is 8.42 Å². The van der Waals surface area contributed by atoms with Crippen molar-refractivity contribution < 1.29 is 13.2 Å². The minimum absolute atomic E-state index is 0.0916. The normalized spacial score (nSPS) is 12.8. The Morgan fingerprint density at radius 3 is 2.38 bits per heavy atom. The first-order valence-electron chi connectivity index (χ1n) is 9.43. The van der Waals surface area contributed by atoms with Crippen LogP contribution in [0, 0.1) is 18.4 Å². The van der Waals surface area contributed by atoms with Gasteiger partial charge in [-0.1, -0.05) is 61.5 Å². The molecule has 4 nitrogen and oxygen atoms in total. The van der Waals surface area contributed by atoms with Crippen LogP contribution in [0.4, 0.5) is 0 Å². The summed E-state index contributed by atoms with van der Waals surface area (Å²) in [6.07, 6.45) is 1.64. The Hall–Kier alpha value is -2.33. The summed E-state index contributed by atoms with van der Waals surface area (Å²) in [6.45, 7) is 12.3. The Kier molecular flexibility index (Phi) is 7.47. The van der Waals surface area contributed by atoms with Crippen molar-refractivity contribution in [1.82, 2.24) is 4.31 Å². The van der Waals surface area contributed by atoms with Crippen molar-refractivity contribution in [2.75, 3.05) is 13.7 Å². The number of methoxy groups -OCH3 is 1. The number of nitrogens with zero attached hydrogens (tertiary/aromatic N) is 1. The molecule has 0 aliphatic heterocycles. The molecule has 154 valence electrons. The zero-order valence-electron chi connectivity index (χ0n) is 17.8. The van der Waals surface area contributed by atoms with Crippen LogP contribution in [-0.4, -0.2) is 34.5 Å². The van der Waals surface area contributed by atoms with Gasteiger partial charge in [0.05, 0.1) is 24.6 Å². The van der Waals surface area contributed by atoms with E-state index in [1.165, 1.54) is 4.31 Å². The molecule has 0 aliphatic carbocycles. The predicted molar refractivity (Wildman–Crippen MR) is 122 cm³/mol. The Labute approximate surface area is 176 Å². The molecule has 0 aromatic heterocycles. The monoisotopic (exact) mass is 427 g/mol. The van der Waals surface area contributed by atoms with Crippen LogP contribution >= 0.6 is 0 Å². The maximum Gasteiger partial charge on any atom is 0.244 e. The molecule has 29 heavy (non-hydrogen) atoms. The summed E-state index contributed by atoms with van der Waals surface area (Å²) in [4.78, 5) is 0.243. The largest absolute Gasteiger partial charge is 0.497 e. The van der Waals surface area contributed by atoms with Gasteiger partial charge in [-0.2, -0.15) is 4.31 Å². The van der Waals surface area contributed by atoms with Crippen molar-refractivity contribution in [3.63, 3.8) is 0 Å². The van der Waals surface area contributed by atoms with E-state index in [-0.39, 0.29) is 11.4 Å². The minimum atomic E-state index is -3.78. The molecular weight excluding hydrogens is 398 g/mol. The van der Waals surface area contributed by atoms with Crippen LogP contribution in [0.25, 0.3) is 0 Å². The lowest BCUT2D eigenvalue weighted by molar-refractivity contribution is 0.395. The van der Waals surface area contributed by atoms with Gasteiger partial charge in [0.25, 0.3) is 0 Å². The maximum atomic E-state index is 13.5. The van der Waals surface area contributed by atoms with Crippen molar-refractivity contribution in [1.29, 1.82) is 0 Å². The zero-order chi connectivity index (χ0) is 21.7. The molecule has 2 rings (SSSR count). The van der Waals surface area contributed by atoms with Gasteiger partial charge >= 0.3 is 0 Å². The summed E-state index contributed by atoms with van der Waals surface area (Å²) in [7, 11) is -3.83. The Balaban J connectivity index is 2.56. The first kappa shape index (κ1) is 23.0. The second kappa shape index (κ2) is 9.44. The second-order valence-electron chi connectivity index (χ2n) is 7.87. The molecule has 0 aliphatic rings. The smallest absolute Gasteiger partial charge is 0.244 e. The molecule has 2 aromatic rings. The topological polar surface area (TPSA) is 46.6 Å². The van der Waals surface area contributed by atoms with Crippen molar-refractivity contribution in [2.24, 2.45) is 0 Å². The van der Waals surface area contributed by atoms with Gasteiger partial charge in [0.15, 0.2) is 0 Å². The number of ether oxygens (including phenoxy) is 1. The third-order valence-corrected chi connectivity index (χ3v) is 7.06. The van der Waals surface area contributed by atoms with Crippen molar-refractivity contribution in [2.45, 2.75) is 37.5 Å². The van der Waals surface area contributed by atoms with E-state index in [2.05, 4.69) is 37.7 Å². The number of aryl methyl sites for hydroxylation is 1. The van der Waals surface area contributed by atoms with Gasteiger partial charge in [-0.15, -0.1) is 12.1 Å². The van der Waals surface area contributed by atoms with Crippen LogP contribution in [0.2, 0.25) is 19.6 Å². The molecule has 0 heterocycles. The van der Waals surface area contributed by atoms with Crippen LogP contribution in [0.15, 0.2) is 66.1 Å². The fourth-order valence-electron chi connectivity index (χ4n) is 2.81. The molecule has 0 saturated carbocycles. The van der Waals surface area contributed by atoms with Crippen LogP contribution in [0.5, 0.6) is 5.75 Å². The SMILES string of the molecule is C=C[C@@H](c1cccc(OC)c1)N(CC#C[Si](C)(C)C)S(=O)(=O)c1ccc(C)cc1. The first-order chi connectivity index (χ1) is 13.6. The summed E-state index contributed by atoms with van der Waals surface area (Å²) in [6, 6.07) is 13.7. The van der Waals surface area contributed by atoms with Crippen LogP contribution in [0.1, 0.15) is 17.2 Å².